The summed E-state index contributed by atoms with van der Waals surface area (Å²) in [6, 6.07) is 4.32. The highest BCUT2D eigenvalue weighted by Crippen LogP contribution is 2.19. The predicted molar refractivity (Wildman–Crippen MR) is 81.3 cm³/mol. The molecule has 0 spiro atoms. The first kappa shape index (κ1) is 15.4. The van der Waals surface area contributed by atoms with Gasteiger partial charge in [0.05, 0.1) is 4.47 Å². The van der Waals surface area contributed by atoms with E-state index in [-0.39, 0.29) is 11.7 Å². The van der Waals surface area contributed by atoms with E-state index in [0.717, 1.165) is 19.5 Å². The first-order valence-electron chi connectivity index (χ1n) is 6.98. The van der Waals surface area contributed by atoms with Crippen LogP contribution >= 0.6 is 15.9 Å². The molecule has 110 valence electrons. The third kappa shape index (κ3) is 4.28. The highest BCUT2D eigenvalue weighted by Gasteiger charge is 2.16. The van der Waals surface area contributed by atoms with Crippen molar-refractivity contribution in [2.24, 2.45) is 5.92 Å². The third-order valence-corrected chi connectivity index (χ3v) is 4.47. The maximum absolute atomic E-state index is 13.1. The molecule has 1 amide bonds. The number of nitrogens with zero attached hydrogens (tertiary/aromatic N) is 1. The zero-order chi connectivity index (χ0) is 14.5. The number of carbonyl (C=O) groups excluding carboxylic acids is 1. The lowest BCUT2D eigenvalue weighted by atomic mass is 9.94. The second kappa shape index (κ2) is 7.18. The zero-order valence-electron chi connectivity index (χ0n) is 11.7. The van der Waals surface area contributed by atoms with Crippen LogP contribution in [-0.2, 0) is 0 Å². The van der Waals surface area contributed by atoms with E-state index in [1.807, 2.05) is 0 Å². The maximum atomic E-state index is 13.1. The van der Waals surface area contributed by atoms with Gasteiger partial charge in [-0.15, -0.1) is 0 Å². The number of likely N-dealkylation sites (tertiary alicyclic amines) is 1. The van der Waals surface area contributed by atoms with Crippen LogP contribution in [0.1, 0.15) is 29.6 Å². The fourth-order valence-electron chi connectivity index (χ4n) is 2.48. The van der Waals surface area contributed by atoms with E-state index in [0.29, 0.717) is 22.5 Å². The Kier molecular flexibility index (Phi) is 5.54. The van der Waals surface area contributed by atoms with Crippen LogP contribution in [0.25, 0.3) is 0 Å². The van der Waals surface area contributed by atoms with E-state index in [9.17, 15) is 9.18 Å². The van der Waals surface area contributed by atoms with Gasteiger partial charge in [0.25, 0.3) is 5.91 Å². The molecule has 3 nitrogen and oxygen atoms in total. The highest BCUT2D eigenvalue weighted by molar-refractivity contribution is 9.10. The summed E-state index contributed by atoms with van der Waals surface area (Å²) in [5.41, 5.74) is 0.488. The quantitative estimate of drug-likeness (QED) is 0.911. The maximum Gasteiger partial charge on any atom is 0.251 e. The summed E-state index contributed by atoms with van der Waals surface area (Å²) in [5.74, 6) is 0.206. The molecule has 0 aliphatic carbocycles. The summed E-state index contributed by atoms with van der Waals surface area (Å²) in [4.78, 5) is 14.3. The van der Waals surface area contributed by atoms with Crippen molar-refractivity contribution in [2.75, 3.05) is 26.7 Å². The Morgan fingerprint density at radius 3 is 2.80 bits per heavy atom. The lowest BCUT2D eigenvalue weighted by molar-refractivity contribution is 0.0949. The largest absolute Gasteiger partial charge is 0.352 e. The average Bonchev–Trinajstić information content (AvgIpc) is 2.44. The molecule has 1 fully saturated rings. The molecule has 1 N–H and O–H groups in total. The molecule has 0 radical (unpaired) electrons. The fraction of sp³-hybridized carbons (Fsp3) is 0.533. The van der Waals surface area contributed by atoms with Crippen LogP contribution in [0, 0.1) is 11.7 Å². The molecule has 1 saturated heterocycles. The van der Waals surface area contributed by atoms with Crippen LogP contribution in [0.3, 0.4) is 0 Å². The van der Waals surface area contributed by atoms with Crippen molar-refractivity contribution in [2.45, 2.75) is 19.3 Å². The smallest absolute Gasteiger partial charge is 0.251 e. The van der Waals surface area contributed by atoms with Gasteiger partial charge in [-0.2, -0.15) is 0 Å². The standard InChI is InChI=1S/C15H20BrFN2O/c1-19-8-5-11(6-9-19)4-7-18-15(20)12-2-3-14(17)13(16)10-12/h2-3,10-11H,4-9H2,1H3,(H,18,20). The number of hydrogen-bond acceptors (Lipinski definition) is 2. The van der Waals surface area contributed by atoms with Crippen molar-refractivity contribution >= 4 is 21.8 Å². The average molecular weight is 343 g/mol. The Morgan fingerprint density at radius 2 is 2.15 bits per heavy atom. The minimum atomic E-state index is -0.354. The Morgan fingerprint density at radius 1 is 1.45 bits per heavy atom. The van der Waals surface area contributed by atoms with Gasteiger partial charge in [-0.25, -0.2) is 4.39 Å². The Balaban J connectivity index is 1.76. The van der Waals surface area contributed by atoms with E-state index in [4.69, 9.17) is 0 Å². The molecule has 1 aliphatic rings. The SMILES string of the molecule is CN1CCC(CCNC(=O)c2ccc(F)c(Br)c2)CC1. The number of hydrogen-bond donors (Lipinski definition) is 1. The molecular formula is C15H20BrFN2O. The Hall–Kier alpha value is -0.940. The van der Waals surface area contributed by atoms with Crippen LogP contribution < -0.4 is 5.32 Å². The molecular weight excluding hydrogens is 323 g/mol. The molecule has 0 atom stereocenters. The van der Waals surface area contributed by atoms with E-state index in [1.165, 1.54) is 31.0 Å². The summed E-state index contributed by atoms with van der Waals surface area (Å²) in [7, 11) is 2.14. The van der Waals surface area contributed by atoms with Crippen LogP contribution in [0.2, 0.25) is 0 Å². The van der Waals surface area contributed by atoms with E-state index in [1.54, 1.807) is 0 Å². The van der Waals surface area contributed by atoms with Gasteiger partial charge in [-0.3, -0.25) is 4.79 Å². The summed E-state index contributed by atoms with van der Waals surface area (Å²) in [6.07, 6.45) is 3.42. The number of benzene rings is 1. The number of amides is 1. The van der Waals surface area contributed by atoms with Gasteiger partial charge in [-0.05, 0) is 79.4 Å². The van der Waals surface area contributed by atoms with E-state index >= 15 is 0 Å². The Labute approximate surface area is 127 Å². The van der Waals surface area contributed by atoms with Gasteiger partial charge in [0.15, 0.2) is 0 Å². The zero-order valence-corrected chi connectivity index (χ0v) is 13.2. The van der Waals surface area contributed by atoms with Gasteiger partial charge in [0, 0.05) is 12.1 Å². The molecule has 1 aromatic rings. The second-order valence-electron chi connectivity index (χ2n) is 5.42. The van der Waals surface area contributed by atoms with Crippen LogP contribution in [0.4, 0.5) is 4.39 Å². The van der Waals surface area contributed by atoms with Crippen molar-refractivity contribution in [3.8, 4) is 0 Å². The number of nitrogens with one attached hydrogen (secondary N) is 1. The Bertz CT molecular complexity index is 473. The van der Waals surface area contributed by atoms with Crippen molar-refractivity contribution < 1.29 is 9.18 Å². The number of piperidine rings is 1. The predicted octanol–water partition coefficient (Wildman–Crippen LogP) is 3.05. The fourth-order valence-corrected chi connectivity index (χ4v) is 2.86. The van der Waals surface area contributed by atoms with Crippen molar-refractivity contribution in [3.05, 3.63) is 34.1 Å². The normalized spacial score (nSPS) is 17.1. The molecule has 0 unspecified atom stereocenters. The van der Waals surface area contributed by atoms with Gasteiger partial charge >= 0.3 is 0 Å². The number of halogens is 2. The van der Waals surface area contributed by atoms with E-state index in [2.05, 4.69) is 33.2 Å². The molecule has 5 heteroatoms. The van der Waals surface area contributed by atoms with Gasteiger partial charge in [0.1, 0.15) is 5.82 Å². The topological polar surface area (TPSA) is 32.3 Å². The molecule has 2 rings (SSSR count). The van der Waals surface area contributed by atoms with Gasteiger partial charge in [0.2, 0.25) is 0 Å². The molecule has 1 aliphatic heterocycles. The molecule has 0 bridgehead atoms. The molecule has 20 heavy (non-hydrogen) atoms. The summed E-state index contributed by atoms with van der Waals surface area (Å²) < 4.78 is 13.4. The van der Waals surface area contributed by atoms with Crippen molar-refractivity contribution in [3.63, 3.8) is 0 Å². The summed E-state index contributed by atoms with van der Waals surface area (Å²) >= 11 is 3.09. The lowest BCUT2D eigenvalue weighted by Crippen LogP contribution is -2.32. The lowest BCUT2D eigenvalue weighted by Gasteiger charge is -2.28. The van der Waals surface area contributed by atoms with Crippen molar-refractivity contribution in [1.29, 1.82) is 0 Å². The van der Waals surface area contributed by atoms with Crippen LogP contribution in [0.15, 0.2) is 22.7 Å². The van der Waals surface area contributed by atoms with Gasteiger partial charge < -0.3 is 10.2 Å². The van der Waals surface area contributed by atoms with Crippen LogP contribution in [0.5, 0.6) is 0 Å². The molecule has 0 saturated carbocycles. The third-order valence-electron chi connectivity index (χ3n) is 3.86. The van der Waals surface area contributed by atoms with E-state index < -0.39 is 0 Å². The van der Waals surface area contributed by atoms with Gasteiger partial charge in [-0.1, -0.05) is 0 Å². The van der Waals surface area contributed by atoms with Crippen molar-refractivity contribution in [1.82, 2.24) is 10.2 Å². The first-order chi connectivity index (χ1) is 9.56. The van der Waals surface area contributed by atoms with Crippen LogP contribution in [-0.4, -0.2) is 37.5 Å². The summed E-state index contributed by atoms with van der Waals surface area (Å²) in [6.45, 7) is 2.97. The minimum Gasteiger partial charge on any atom is -0.352 e. The molecule has 0 aromatic heterocycles. The number of rotatable bonds is 4. The minimum absolute atomic E-state index is 0.140. The second-order valence-corrected chi connectivity index (χ2v) is 6.27. The summed E-state index contributed by atoms with van der Waals surface area (Å²) in [5, 5.41) is 2.91. The molecule has 1 aromatic carbocycles. The first-order valence-corrected chi connectivity index (χ1v) is 7.77. The highest BCUT2D eigenvalue weighted by atomic mass is 79.9. The molecule has 1 heterocycles. The number of carbonyl (C=O) groups is 1. The monoisotopic (exact) mass is 342 g/mol.